The molecule has 2 aliphatic rings. The first-order valence-electron chi connectivity index (χ1n) is 11.5. The van der Waals surface area contributed by atoms with Crippen LogP contribution in [0.4, 0.5) is 5.69 Å². The minimum absolute atomic E-state index is 0.0417. The van der Waals surface area contributed by atoms with Crippen LogP contribution in [0, 0.1) is 18.8 Å². The highest BCUT2D eigenvalue weighted by Crippen LogP contribution is 2.52. The van der Waals surface area contributed by atoms with Crippen LogP contribution < -0.4 is 15.0 Å². The van der Waals surface area contributed by atoms with Crippen LogP contribution in [0.15, 0.2) is 42.5 Å². The highest BCUT2D eigenvalue weighted by molar-refractivity contribution is 7.98. The fraction of sp³-hybridized carbons (Fsp3) is 0.423. The largest absolute Gasteiger partial charge is 0.504 e. The molecule has 2 aliphatic heterocycles. The van der Waals surface area contributed by atoms with E-state index in [0.717, 1.165) is 5.56 Å². The molecule has 0 spiro atoms. The number of methoxy groups -OCH3 is 1. The van der Waals surface area contributed by atoms with Crippen LogP contribution in [0.25, 0.3) is 0 Å². The van der Waals surface area contributed by atoms with E-state index in [1.807, 2.05) is 25.3 Å². The summed E-state index contributed by atoms with van der Waals surface area (Å²) in [7, 11) is 1.44. The van der Waals surface area contributed by atoms with Gasteiger partial charge in [0.1, 0.15) is 5.54 Å². The van der Waals surface area contributed by atoms with Gasteiger partial charge in [-0.1, -0.05) is 23.8 Å². The van der Waals surface area contributed by atoms with Gasteiger partial charge in [0.2, 0.25) is 11.8 Å². The van der Waals surface area contributed by atoms with Crippen LogP contribution in [0.5, 0.6) is 11.5 Å². The molecule has 186 valence electrons. The molecular weight excluding hydrogens is 468 g/mol. The summed E-state index contributed by atoms with van der Waals surface area (Å²) in [5, 5.41) is 13.5. The molecule has 2 heterocycles. The second-order valence-corrected chi connectivity index (χ2v) is 9.82. The van der Waals surface area contributed by atoms with E-state index in [0.29, 0.717) is 23.4 Å². The predicted octanol–water partition coefficient (Wildman–Crippen LogP) is 3.21. The third kappa shape index (κ3) is 4.16. The van der Waals surface area contributed by atoms with Crippen LogP contribution in [0.2, 0.25) is 0 Å². The smallest absolute Gasteiger partial charge is 0.327 e. The SMILES string of the molecule is CCOC(=O)[C@]1(CCSC)N[C@@H](c2ccc(O)c(OC)c2)[C@H]2C(=O)N(c3ccc(C)cc3)C(=O)[C@H]21. The lowest BCUT2D eigenvalue weighted by Crippen LogP contribution is -2.57. The van der Waals surface area contributed by atoms with Crippen molar-refractivity contribution in [2.75, 3.05) is 30.6 Å². The number of nitrogens with zero attached hydrogens (tertiary/aromatic N) is 1. The average molecular weight is 499 g/mol. The van der Waals surface area contributed by atoms with Crippen molar-refractivity contribution in [1.29, 1.82) is 0 Å². The monoisotopic (exact) mass is 498 g/mol. The van der Waals surface area contributed by atoms with E-state index in [-0.39, 0.29) is 24.0 Å². The number of hydrogen-bond acceptors (Lipinski definition) is 8. The molecule has 0 aromatic heterocycles. The number of carbonyl (C=O) groups excluding carboxylic acids is 3. The standard InChI is InChI=1S/C26H30N2O6S/c1-5-34-25(32)26(12-13-35-4)21-20(22(27-26)16-8-11-18(29)19(14-16)33-3)23(30)28(24(21)31)17-9-6-15(2)7-10-17/h6-11,14,20-22,27,29H,5,12-13H2,1-4H3/t20-,21-,22-,26+/m0/s1. The zero-order chi connectivity index (χ0) is 25.3. The van der Waals surface area contributed by atoms with Crippen molar-refractivity contribution < 1.29 is 29.0 Å². The number of hydrogen-bond donors (Lipinski definition) is 2. The topological polar surface area (TPSA) is 105 Å². The number of phenolic OH excluding ortho intramolecular Hbond substituents is 1. The zero-order valence-electron chi connectivity index (χ0n) is 20.2. The Morgan fingerprint density at radius 1 is 1.17 bits per heavy atom. The summed E-state index contributed by atoms with van der Waals surface area (Å²) in [5.74, 6) is -2.30. The summed E-state index contributed by atoms with van der Waals surface area (Å²) in [6, 6.07) is 11.3. The Bertz CT molecular complexity index is 1140. The second kappa shape index (κ2) is 9.91. The molecule has 0 unspecified atom stereocenters. The van der Waals surface area contributed by atoms with Crippen LogP contribution in [-0.4, -0.2) is 54.2 Å². The third-order valence-electron chi connectivity index (χ3n) is 6.85. The maximum atomic E-state index is 13.9. The molecule has 4 atom stereocenters. The summed E-state index contributed by atoms with van der Waals surface area (Å²) < 4.78 is 10.7. The van der Waals surface area contributed by atoms with Crippen molar-refractivity contribution in [2.45, 2.75) is 31.8 Å². The molecule has 0 saturated carbocycles. The normalized spacial score (nSPS) is 25.6. The molecule has 9 heteroatoms. The number of thioether (sulfide) groups is 1. The van der Waals surface area contributed by atoms with Gasteiger partial charge in [-0.2, -0.15) is 11.8 Å². The van der Waals surface area contributed by atoms with Crippen molar-refractivity contribution in [3.05, 3.63) is 53.6 Å². The average Bonchev–Trinajstić information content (AvgIpc) is 3.33. The summed E-state index contributed by atoms with van der Waals surface area (Å²) >= 11 is 1.55. The van der Waals surface area contributed by atoms with Gasteiger partial charge < -0.3 is 14.6 Å². The number of benzene rings is 2. The lowest BCUT2D eigenvalue weighted by molar-refractivity contribution is -0.154. The second-order valence-electron chi connectivity index (χ2n) is 8.84. The molecule has 2 aromatic rings. The number of aromatic hydroxyl groups is 1. The van der Waals surface area contributed by atoms with Crippen LogP contribution in [-0.2, 0) is 19.1 Å². The lowest BCUT2D eigenvalue weighted by Gasteiger charge is -2.33. The minimum Gasteiger partial charge on any atom is -0.504 e. The first kappa shape index (κ1) is 25.1. The predicted molar refractivity (Wildman–Crippen MR) is 134 cm³/mol. The van der Waals surface area contributed by atoms with Crippen LogP contribution in [0.1, 0.15) is 30.5 Å². The number of imide groups is 1. The Balaban J connectivity index is 1.87. The number of ether oxygens (including phenoxy) is 2. The minimum atomic E-state index is -1.37. The Morgan fingerprint density at radius 2 is 1.89 bits per heavy atom. The number of fused-ring (bicyclic) bond motifs is 1. The fourth-order valence-corrected chi connectivity index (χ4v) is 5.69. The summed E-state index contributed by atoms with van der Waals surface area (Å²) in [5.41, 5.74) is 0.747. The maximum absolute atomic E-state index is 13.9. The van der Waals surface area contributed by atoms with E-state index in [1.54, 1.807) is 43.0 Å². The van der Waals surface area contributed by atoms with E-state index in [2.05, 4.69) is 5.32 Å². The molecule has 2 aromatic carbocycles. The van der Waals surface area contributed by atoms with Gasteiger partial charge in [-0.05, 0) is 62.1 Å². The Labute approximate surface area is 209 Å². The first-order valence-corrected chi connectivity index (χ1v) is 12.9. The molecule has 2 amide bonds. The highest BCUT2D eigenvalue weighted by atomic mass is 32.2. The van der Waals surface area contributed by atoms with Gasteiger partial charge in [0.25, 0.3) is 0 Å². The fourth-order valence-electron chi connectivity index (χ4n) is 5.17. The third-order valence-corrected chi connectivity index (χ3v) is 7.46. The molecular formula is C26H30N2O6S. The number of carbonyl (C=O) groups is 3. The van der Waals surface area contributed by atoms with Crippen molar-refractivity contribution in [2.24, 2.45) is 11.8 Å². The molecule has 0 aliphatic carbocycles. The maximum Gasteiger partial charge on any atom is 0.327 e. The first-order chi connectivity index (χ1) is 16.8. The highest BCUT2D eigenvalue weighted by Gasteiger charge is 2.68. The molecule has 0 bridgehead atoms. The van der Waals surface area contributed by atoms with Gasteiger partial charge in [-0.15, -0.1) is 0 Å². The number of rotatable bonds is 8. The number of nitrogens with one attached hydrogen (secondary N) is 1. The number of amides is 2. The van der Waals surface area contributed by atoms with E-state index in [4.69, 9.17) is 9.47 Å². The number of phenols is 1. The molecule has 35 heavy (non-hydrogen) atoms. The van der Waals surface area contributed by atoms with E-state index >= 15 is 0 Å². The van der Waals surface area contributed by atoms with Crippen LogP contribution in [0.3, 0.4) is 0 Å². The number of esters is 1. The number of aryl methyl sites for hydroxylation is 1. The Kier molecular flexibility index (Phi) is 7.10. The van der Waals surface area contributed by atoms with Gasteiger partial charge >= 0.3 is 5.97 Å². The molecule has 2 saturated heterocycles. The van der Waals surface area contributed by atoms with Crippen LogP contribution >= 0.6 is 11.8 Å². The summed E-state index contributed by atoms with van der Waals surface area (Å²) in [4.78, 5) is 42.4. The quantitative estimate of drug-likeness (QED) is 0.422. The van der Waals surface area contributed by atoms with Crippen molar-refractivity contribution in [3.8, 4) is 11.5 Å². The van der Waals surface area contributed by atoms with Gasteiger partial charge in [0, 0.05) is 6.04 Å². The Hall–Kier alpha value is -3.04. The molecule has 4 rings (SSSR count). The van der Waals surface area contributed by atoms with Gasteiger partial charge in [0.05, 0.1) is 31.2 Å². The van der Waals surface area contributed by atoms with E-state index in [1.165, 1.54) is 18.1 Å². The Morgan fingerprint density at radius 3 is 2.51 bits per heavy atom. The lowest BCUT2D eigenvalue weighted by atomic mass is 9.78. The molecule has 2 N–H and O–H groups in total. The zero-order valence-corrected chi connectivity index (χ0v) is 21.1. The van der Waals surface area contributed by atoms with Crippen molar-refractivity contribution in [3.63, 3.8) is 0 Å². The van der Waals surface area contributed by atoms with E-state index in [9.17, 15) is 19.5 Å². The summed E-state index contributed by atoms with van der Waals surface area (Å²) in [6.07, 6.45) is 2.24. The van der Waals surface area contributed by atoms with Gasteiger partial charge in [-0.3, -0.25) is 19.7 Å². The summed E-state index contributed by atoms with van der Waals surface area (Å²) in [6.45, 7) is 3.80. The van der Waals surface area contributed by atoms with Crippen molar-refractivity contribution >= 4 is 35.2 Å². The van der Waals surface area contributed by atoms with Crippen molar-refractivity contribution in [1.82, 2.24) is 5.32 Å². The van der Waals surface area contributed by atoms with E-state index < -0.39 is 35.3 Å². The molecule has 8 nitrogen and oxygen atoms in total. The molecule has 0 radical (unpaired) electrons. The molecule has 2 fully saturated rings. The van der Waals surface area contributed by atoms with Gasteiger partial charge in [0.15, 0.2) is 11.5 Å². The van der Waals surface area contributed by atoms with Gasteiger partial charge in [-0.25, -0.2) is 4.90 Å². The number of anilines is 1.